The quantitative estimate of drug-likeness (QED) is 0.0540. The number of hydrogen-bond acceptors (Lipinski definition) is 0. The van der Waals surface area contributed by atoms with Crippen LogP contribution in [0.15, 0.2) is 12.4 Å². The molecule has 2 heteroatoms. The lowest BCUT2D eigenvalue weighted by molar-refractivity contribution is -0.704. The van der Waals surface area contributed by atoms with Crippen molar-refractivity contribution in [3.63, 3.8) is 0 Å². The van der Waals surface area contributed by atoms with Crippen LogP contribution in [0.1, 0.15) is 232 Å². The van der Waals surface area contributed by atoms with Gasteiger partial charge in [0.15, 0.2) is 0 Å². The Hall–Kier alpha value is -0.790. The molecule has 0 aliphatic rings. The van der Waals surface area contributed by atoms with Gasteiger partial charge in [-0.2, -0.15) is 0 Å². The van der Waals surface area contributed by atoms with Crippen LogP contribution in [0.4, 0.5) is 0 Å². The molecule has 0 radical (unpaired) electrons. The van der Waals surface area contributed by atoms with Gasteiger partial charge >= 0.3 is 0 Å². The lowest BCUT2D eigenvalue weighted by Gasteiger charge is -2.06. The smallest absolute Gasteiger partial charge is 0.234 e. The largest absolute Gasteiger partial charge is 0.256 e. The Balaban J connectivity index is 2.03. The summed E-state index contributed by atoms with van der Waals surface area (Å²) in [5.74, 6) is 1.59. The van der Waals surface area contributed by atoms with Crippen LogP contribution < -0.4 is 4.57 Å². The van der Waals surface area contributed by atoms with E-state index in [0.717, 1.165) is 0 Å². The summed E-state index contributed by atoms with van der Waals surface area (Å²) in [7, 11) is 0. The van der Waals surface area contributed by atoms with Crippen molar-refractivity contribution in [2.45, 2.75) is 246 Å². The summed E-state index contributed by atoms with van der Waals surface area (Å²) in [4.78, 5) is 0. The van der Waals surface area contributed by atoms with E-state index in [1.54, 1.807) is 5.82 Å². The minimum absolute atomic E-state index is 1.23. The van der Waals surface area contributed by atoms with Gasteiger partial charge in [-0.05, 0) is 32.1 Å². The summed E-state index contributed by atoms with van der Waals surface area (Å²) in [6, 6.07) is 0. The molecule has 0 unspecified atom stereocenters. The second-order valence-corrected chi connectivity index (χ2v) is 14.1. The van der Waals surface area contributed by atoms with Crippen LogP contribution in [0.5, 0.6) is 0 Å². The van der Waals surface area contributed by atoms with Crippen molar-refractivity contribution < 1.29 is 4.57 Å². The van der Waals surface area contributed by atoms with Crippen molar-refractivity contribution in [1.29, 1.82) is 0 Å². The lowest BCUT2D eigenvalue weighted by atomic mass is 10.0. The minimum Gasteiger partial charge on any atom is -0.234 e. The molecule has 43 heavy (non-hydrogen) atoms. The fourth-order valence-electron chi connectivity index (χ4n) is 6.83. The van der Waals surface area contributed by atoms with Crippen molar-refractivity contribution in [3.8, 4) is 0 Å². The molecule has 254 valence electrons. The second kappa shape index (κ2) is 32.6. The topological polar surface area (TPSA) is 8.81 Å². The van der Waals surface area contributed by atoms with Crippen molar-refractivity contribution in [3.05, 3.63) is 18.2 Å². The molecule has 0 aliphatic heterocycles. The summed E-state index contributed by atoms with van der Waals surface area (Å²) in [6.07, 6.45) is 52.0. The minimum atomic E-state index is 1.23. The summed E-state index contributed by atoms with van der Waals surface area (Å²) < 4.78 is 5.20. The molecule has 2 nitrogen and oxygen atoms in total. The van der Waals surface area contributed by atoms with Crippen LogP contribution in [-0.4, -0.2) is 4.57 Å². The molecule has 0 N–H and O–H groups in total. The molecule has 0 aliphatic carbocycles. The van der Waals surface area contributed by atoms with Gasteiger partial charge in [-0.25, -0.2) is 9.13 Å². The molecule has 0 saturated carbocycles. The van der Waals surface area contributed by atoms with Gasteiger partial charge in [0.1, 0.15) is 12.4 Å². The first kappa shape index (κ1) is 40.2. The Labute approximate surface area is 272 Å². The molecule has 0 bridgehead atoms. The van der Waals surface area contributed by atoms with Crippen molar-refractivity contribution in [1.82, 2.24) is 4.57 Å². The average molecular weight is 602 g/mol. The predicted molar refractivity (Wildman–Crippen MR) is 193 cm³/mol. The Morgan fingerprint density at radius 2 is 0.721 bits per heavy atom. The van der Waals surface area contributed by atoms with Crippen LogP contribution in [0.2, 0.25) is 0 Å². The van der Waals surface area contributed by atoms with Gasteiger partial charge in [-0.15, -0.1) is 0 Å². The van der Waals surface area contributed by atoms with E-state index >= 15 is 0 Å². The molecule has 0 amide bonds. The summed E-state index contributed by atoms with van der Waals surface area (Å²) >= 11 is 0. The van der Waals surface area contributed by atoms with E-state index in [4.69, 9.17) is 0 Å². The monoisotopic (exact) mass is 602 g/mol. The highest BCUT2D eigenvalue weighted by atomic mass is 15.1. The van der Waals surface area contributed by atoms with Crippen LogP contribution in [-0.2, 0) is 19.5 Å². The fourth-order valence-corrected chi connectivity index (χ4v) is 6.83. The third kappa shape index (κ3) is 25.1. The van der Waals surface area contributed by atoms with Gasteiger partial charge in [0, 0.05) is 6.42 Å². The molecular formula is C41H81N2+. The highest BCUT2D eigenvalue weighted by Crippen LogP contribution is 2.15. The maximum atomic E-state index is 2.60. The SMILES string of the molecule is CCCCCCCCCCCCCCCCCC[n+]1ccn(CCCCCCCCCCCCCCCC)c1CCCC. The first-order chi connectivity index (χ1) is 21.3. The number of aryl methyl sites for hydroxylation is 2. The Kier molecular flexibility index (Phi) is 30.5. The summed E-state index contributed by atoms with van der Waals surface area (Å²) in [6.45, 7) is 9.40. The molecule has 1 aromatic heterocycles. The third-order valence-corrected chi connectivity index (χ3v) is 9.85. The predicted octanol–water partition coefficient (Wildman–Crippen LogP) is 13.9. The highest BCUT2D eigenvalue weighted by Gasteiger charge is 2.16. The number of unbranched alkanes of at least 4 members (excludes halogenated alkanes) is 29. The number of aromatic nitrogens is 2. The van der Waals surface area contributed by atoms with E-state index in [2.05, 4.69) is 42.3 Å². The van der Waals surface area contributed by atoms with Crippen molar-refractivity contribution in [2.75, 3.05) is 0 Å². The number of hydrogen-bond donors (Lipinski definition) is 0. The number of rotatable bonds is 35. The Bertz CT molecular complexity index is 663. The van der Waals surface area contributed by atoms with E-state index in [1.165, 1.54) is 225 Å². The molecule has 1 heterocycles. The summed E-state index contributed by atoms with van der Waals surface area (Å²) in [5.41, 5.74) is 0. The van der Waals surface area contributed by atoms with E-state index in [1.807, 2.05) is 0 Å². The van der Waals surface area contributed by atoms with Crippen LogP contribution >= 0.6 is 0 Å². The molecule has 0 spiro atoms. The fraction of sp³-hybridized carbons (Fsp3) is 0.927. The van der Waals surface area contributed by atoms with Crippen LogP contribution in [0, 0.1) is 0 Å². The third-order valence-electron chi connectivity index (χ3n) is 9.85. The normalized spacial score (nSPS) is 11.6. The highest BCUT2D eigenvalue weighted by molar-refractivity contribution is 4.84. The Morgan fingerprint density at radius 1 is 0.395 bits per heavy atom. The van der Waals surface area contributed by atoms with Gasteiger partial charge in [-0.1, -0.05) is 194 Å². The van der Waals surface area contributed by atoms with E-state index in [0.29, 0.717) is 0 Å². The lowest BCUT2D eigenvalue weighted by Crippen LogP contribution is -2.37. The second-order valence-electron chi connectivity index (χ2n) is 14.1. The van der Waals surface area contributed by atoms with Gasteiger partial charge in [-0.3, -0.25) is 0 Å². The molecule has 1 rings (SSSR count). The van der Waals surface area contributed by atoms with Gasteiger partial charge in [0.2, 0.25) is 0 Å². The molecule has 1 aromatic rings. The first-order valence-corrected chi connectivity index (χ1v) is 20.4. The van der Waals surface area contributed by atoms with E-state index in [9.17, 15) is 0 Å². The van der Waals surface area contributed by atoms with Crippen molar-refractivity contribution >= 4 is 0 Å². The molecule has 0 saturated heterocycles. The van der Waals surface area contributed by atoms with Gasteiger partial charge in [0.25, 0.3) is 5.82 Å². The molecular weight excluding hydrogens is 520 g/mol. The zero-order valence-corrected chi connectivity index (χ0v) is 30.3. The maximum Gasteiger partial charge on any atom is 0.256 e. The standard InChI is InChI=1S/C41H81N2/c1-4-7-10-12-14-16-18-20-22-23-25-27-29-31-33-35-38-43-40-39-42(41(43)36-9-6-3)37-34-32-30-28-26-24-21-19-17-15-13-11-8-5-2/h39-40H,4-38H2,1-3H3/q+1. The van der Waals surface area contributed by atoms with Crippen LogP contribution in [0.25, 0.3) is 0 Å². The Morgan fingerprint density at radius 3 is 1.09 bits per heavy atom. The zero-order valence-electron chi connectivity index (χ0n) is 30.3. The van der Waals surface area contributed by atoms with E-state index in [-0.39, 0.29) is 0 Å². The molecule has 0 fully saturated rings. The molecule has 0 atom stereocenters. The van der Waals surface area contributed by atoms with E-state index < -0.39 is 0 Å². The average Bonchev–Trinajstić information content (AvgIpc) is 3.40. The number of imidazole rings is 1. The van der Waals surface area contributed by atoms with Crippen LogP contribution in [0.3, 0.4) is 0 Å². The zero-order chi connectivity index (χ0) is 30.9. The summed E-state index contributed by atoms with van der Waals surface area (Å²) in [5, 5.41) is 0. The first-order valence-electron chi connectivity index (χ1n) is 20.4. The maximum absolute atomic E-state index is 2.60. The van der Waals surface area contributed by atoms with Gasteiger partial charge < -0.3 is 0 Å². The molecule has 0 aromatic carbocycles. The number of nitrogens with zero attached hydrogens (tertiary/aromatic N) is 2. The van der Waals surface area contributed by atoms with Crippen molar-refractivity contribution in [2.24, 2.45) is 0 Å². The van der Waals surface area contributed by atoms with Gasteiger partial charge in [0.05, 0.1) is 13.1 Å².